The average molecular weight is 213 g/mol. The molecule has 0 radical (unpaired) electrons. The Balaban J connectivity index is 1.93. The van der Waals surface area contributed by atoms with E-state index in [-0.39, 0.29) is 0 Å². The molecule has 1 aromatic heterocycles. The first-order valence-electron chi connectivity index (χ1n) is 6.14. The third-order valence-electron chi connectivity index (χ3n) is 3.82. The smallest absolute Gasteiger partial charge is 0.132 e. The molecule has 1 aliphatic heterocycles. The summed E-state index contributed by atoms with van der Waals surface area (Å²) in [6, 6.07) is 9.06. The number of benzene rings is 1. The fourth-order valence-electron chi connectivity index (χ4n) is 2.84. The number of aromatic nitrogens is 2. The minimum absolute atomic E-state index is 0.642. The normalized spacial score (nSPS) is 24.1. The molecular formula is C13H15N3. The van der Waals surface area contributed by atoms with Crippen molar-refractivity contribution in [3.8, 4) is 0 Å². The summed E-state index contributed by atoms with van der Waals surface area (Å²) in [4.78, 5) is 0. The van der Waals surface area contributed by atoms with E-state index in [1.54, 1.807) is 0 Å². The van der Waals surface area contributed by atoms with E-state index in [9.17, 15) is 0 Å². The molecule has 0 amide bonds. The van der Waals surface area contributed by atoms with Gasteiger partial charge in [-0.05, 0) is 37.3 Å². The van der Waals surface area contributed by atoms with E-state index in [1.807, 2.05) is 0 Å². The number of fused-ring (bicyclic) bond motifs is 3. The second kappa shape index (κ2) is 3.00. The molecule has 3 heteroatoms. The van der Waals surface area contributed by atoms with Crippen LogP contribution in [0, 0.1) is 5.92 Å². The van der Waals surface area contributed by atoms with E-state index in [1.165, 1.54) is 30.5 Å². The Labute approximate surface area is 94.4 Å². The van der Waals surface area contributed by atoms with Gasteiger partial charge in [0.2, 0.25) is 0 Å². The average Bonchev–Trinajstić information content (AvgIpc) is 3.09. The molecule has 3 nitrogen and oxygen atoms in total. The van der Waals surface area contributed by atoms with Crippen molar-refractivity contribution in [1.82, 2.24) is 9.78 Å². The van der Waals surface area contributed by atoms with Gasteiger partial charge in [0, 0.05) is 11.9 Å². The molecule has 0 spiro atoms. The molecule has 1 atom stereocenters. The van der Waals surface area contributed by atoms with E-state index >= 15 is 0 Å². The van der Waals surface area contributed by atoms with Crippen LogP contribution in [0.2, 0.25) is 0 Å². The first kappa shape index (κ1) is 8.62. The van der Waals surface area contributed by atoms with Crippen LogP contribution in [0.25, 0.3) is 10.9 Å². The lowest BCUT2D eigenvalue weighted by molar-refractivity contribution is 0.378. The zero-order valence-electron chi connectivity index (χ0n) is 9.19. The SMILES string of the molecule is c1ccc2c3n(nc2c1)C(C1CC1)CCN3. The standard InChI is InChI=1S/C13H15N3/c1-2-4-11-10(3-1)13-14-8-7-12(9-5-6-9)16(13)15-11/h1-4,9,12,14H,5-8H2. The summed E-state index contributed by atoms with van der Waals surface area (Å²) in [6.45, 7) is 1.09. The summed E-state index contributed by atoms with van der Waals surface area (Å²) < 4.78 is 2.24. The number of anilines is 1. The maximum absolute atomic E-state index is 4.75. The summed E-state index contributed by atoms with van der Waals surface area (Å²) in [7, 11) is 0. The lowest BCUT2D eigenvalue weighted by Gasteiger charge is -2.25. The molecule has 2 aliphatic rings. The molecule has 2 heterocycles. The van der Waals surface area contributed by atoms with Gasteiger partial charge in [-0.1, -0.05) is 12.1 Å². The Hall–Kier alpha value is -1.51. The lowest BCUT2D eigenvalue weighted by Crippen LogP contribution is -2.24. The van der Waals surface area contributed by atoms with Crippen molar-refractivity contribution in [3.05, 3.63) is 24.3 Å². The highest BCUT2D eigenvalue weighted by Gasteiger charge is 2.36. The van der Waals surface area contributed by atoms with Crippen molar-refractivity contribution >= 4 is 16.7 Å². The van der Waals surface area contributed by atoms with Crippen molar-refractivity contribution in [2.45, 2.75) is 25.3 Å². The highest BCUT2D eigenvalue weighted by atomic mass is 15.4. The number of rotatable bonds is 1. The Bertz CT molecular complexity index is 539. The van der Waals surface area contributed by atoms with Gasteiger partial charge in [0.15, 0.2) is 0 Å². The Kier molecular flexibility index (Phi) is 1.62. The third-order valence-corrected chi connectivity index (χ3v) is 3.82. The van der Waals surface area contributed by atoms with Crippen molar-refractivity contribution in [1.29, 1.82) is 0 Å². The molecule has 1 unspecified atom stereocenters. The maximum Gasteiger partial charge on any atom is 0.132 e. The minimum atomic E-state index is 0.642. The van der Waals surface area contributed by atoms with Gasteiger partial charge >= 0.3 is 0 Å². The molecule has 16 heavy (non-hydrogen) atoms. The highest BCUT2D eigenvalue weighted by Crippen LogP contribution is 2.45. The minimum Gasteiger partial charge on any atom is -0.370 e. The van der Waals surface area contributed by atoms with Gasteiger partial charge in [0.25, 0.3) is 0 Å². The second-order valence-electron chi connectivity index (χ2n) is 4.93. The second-order valence-corrected chi connectivity index (χ2v) is 4.93. The summed E-state index contributed by atoms with van der Waals surface area (Å²) in [6.07, 6.45) is 4.01. The molecule has 1 saturated carbocycles. The zero-order valence-corrected chi connectivity index (χ0v) is 9.19. The van der Waals surface area contributed by atoms with E-state index < -0.39 is 0 Å². The fourth-order valence-corrected chi connectivity index (χ4v) is 2.84. The molecular weight excluding hydrogens is 198 g/mol. The largest absolute Gasteiger partial charge is 0.370 e. The van der Waals surface area contributed by atoms with Crippen LogP contribution < -0.4 is 5.32 Å². The molecule has 0 saturated heterocycles. The molecule has 1 aromatic carbocycles. The third kappa shape index (κ3) is 1.11. The number of nitrogens with zero attached hydrogens (tertiary/aromatic N) is 2. The number of nitrogens with one attached hydrogen (secondary N) is 1. The molecule has 82 valence electrons. The Morgan fingerprint density at radius 2 is 2.06 bits per heavy atom. The van der Waals surface area contributed by atoms with Crippen LogP contribution in [0.4, 0.5) is 5.82 Å². The maximum atomic E-state index is 4.75. The van der Waals surface area contributed by atoms with Crippen molar-refractivity contribution < 1.29 is 0 Å². The highest BCUT2D eigenvalue weighted by molar-refractivity contribution is 5.90. The first-order valence-corrected chi connectivity index (χ1v) is 6.14. The summed E-state index contributed by atoms with van der Waals surface area (Å²) in [5.74, 6) is 2.12. The van der Waals surface area contributed by atoms with Crippen LogP contribution in [-0.4, -0.2) is 16.3 Å². The van der Waals surface area contributed by atoms with Crippen LogP contribution in [0.3, 0.4) is 0 Å². The zero-order chi connectivity index (χ0) is 10.5. The fraction of sp³-hybridized carbons (Fsp3) is 0.462. The van der Waals surface area contributed by atoms with Crippen LogP contribution in [0.1, 0.15) is 25.3 Å². The summed E-state index contributed by atoms with van der Waals surface area (Å²) in [5.41, 5.74) is 1.12. The predicted octanol–water partition coefficient (Wildman–Crippen LogP) is 2.80. The van der Waals surface area contributed by atoms with Crippen LogP contribution in [0.15, 0.2) is 24.3 Å². The predicted molar refractivity (Wildman–Crippen MR) is 64.6 cm³/mol. The van der Waals surface area contributed by atoms with Crippen LogP contribution >= 0.6 is 0 Å². The molecule has 1 fully saturated rings. The van der Waals surface area contributed by atoms with E-state index in [0.717, 1.165) is 18.0 Å². The van der Waals surface area contributed by atoms with Gasteiger partial charge < -0.3 is 5.32 Å². The van der Waals surface area contributed by atoms with Crippen molar-refractivity contribution in [2.75, 3.05) is 11.9 Å². The quantitative estimate of drug-likeness (QED) is 0.789. The van der Waals surface area contributed by atoms with Gasteiger partial charge in [-0.3, -0.25) is 0 Å². The Morgan fingerprint density at radius 3 is 2.94 bits per heavy atom. The van der Waals surface area contributed by atoms with Crippen LogP contribution in [0.5, 0.6) is 0 Å². The van der Waals surface area contributed by atoms with Gasteiger partial charge in [-0.2, -0.15) is 5.10 Å². The molecule has 0 bridgehead atoms. The van der Waals surface area contributed by atoms with Gasteiger partial charge in [-0.15, -0.1) is 0 Å². The van der Waals surface area contributed by atoms with Gasteiger partial charge in [-0.25, -0.2) is 4.68 Å². The lowest BCUT2D eigenvalue weighted by atomic mass is 10.1. The van der Waals surface area contributed by atoms with E-state index in [0.29, 0.717) is 6.04 Å². The van der Waals surface area contributed by atoms with Crippen LogP contribution in [-0.2, 0) is 0 Å². The monoisotopic (exact) mass is 213 g/mol. The van der Waals surface area contributed by atoms with E-state index in [4.69, 9.17) is 5.10 Å². The van der Waals surface area contributed by atoms with Gasteiger partial charge in [0.1, 0.15) is 5.82 Å². The summed E-state index contributed by atoms with van der Waals surface area (Å²) in [5, 5.41) is 9.52. The van der Waals surface area contributed by atoms with Crippen molar-refractivity contribution in [2.24, 2.45) is 5.92 Å². The molecule has 4 rings (SSSR count). The van der Waals surface area contributed by atoms with Crippen molar-refractivity contribution in [3.63, 3.8) is 0 Å². The van der Waals surface area contributed by atoms with E-state index in [2.05, 4.69) is 34.3 Å². The first-order chi connectivity index (χ1) is 7.93. The molecule has 2 aromatic rings. The molecule has 1 N–H and O–H groups in total. The number of hydrogen-bond acceptors (Lipinski definition) is 2. The molecule has 1 aliphatic carbocycles. The topological polar surface area (TPSA) is 29.9 Å². The summed E-state index contributed by atoms with van der Waals surface area (Å²) >= 11 is 0. The Morgan fingerprint density at radius 1 is 1.19 bits per heavy atom. The van der Waals surface area contributed by atoms with Gasteiger partial charge in [0.05, 0.1) is 11.6 Å². The number of hydrogen-bond donors (Lipinski definition) is 1.